The number of nitrogens with zero attached hydrogens (tertiary/aromatic N) is 3. The highest BCUT2D eigenvalue weighted by molar-refractivity contribution is 5.50. The largest absolute Gasteiger partial charge is 0.368 e. The molecule has 2 atom stereocenters. The average molecular weight is 258 g/mol. The lowest BCUT2D eigenvalue weighted by Gasteiger charge is -2.44. The molecule has 0 amide bonds. The Balaban J connectivity index is 2.13. The SMILES string of the molecule is CNCC1CN(c2ccc(C#N)cc2)CC(C)N1C. The van der Waals surface area contributed by atoms with E-state index >= 15 is 0 Å². The zero-order valence-corrected chi connectivity index (χ0v) is 11.9. The van der Waals surface area contributed by atoms with E-state index in [1.54, 1.807) is 0 Å². The van der Waals surface area contributed by atoms with Crippen LogP contribution in [0.3, 0.4) is 0 Å². The molecule has 19 heavy (non-hydrogen) atoms. The number of likely N-dealkylation sites (N-methyl/N-ethyl adjacent to an activating group) is 2. The number of rotatable bonds is 3. The molecule has 2 unspecified atom stereocenters. The molecule has 2 rings (SSSR count). The third-order valence-corrected chi connectivity index (χ3v) is 3.99. The summed E-state index contributed by atoms with van der Waals surface area (Å²) in [5.74, 6) is 0. The van der Waals surface area contributed by atoms with Gasteiger partial charge in [-0.05, 0) is 45.3 Å². The Morgan fingerprint density at radius 3 is 2.58 bits per heavy atom. The van der Waals surface area contributed by atoms with Crippen molar-refractivity contribution in [1.29, 1.82) is 5.26 Å². The maximum absolute atomic E-state index is 8.85. The molecule has 102 valence electrons. The summed E-state index contributed by atoms with van der Waals surface area (Å²) in [5, 5.41) is 12.1. The van der Waals surface area contributed by atoms with Gasteiger partial charge >= 0.3 is 0 Å². The zero-order valence-electron chi connectivity index (χ0n) is 11.9. The lowest BCUT2D eigenvalue weighted by Crippen LogP contribution is -2.58. The number of nitriles is 1. The van der Waals surface area contributed by atoms with Gasteiger partial charge in [0.15, 0.2) is 0 Å². The van der Waals surface area contributed by atoms with Crippen LogP contribution in [0.4, 0.5) is 5.69 Å². The highest BCUT2D eigenvalue weighted by Crippen LogP contribution is 2.21. The number of hydrogen-bond acceptors (Lipinski definition) is 4. The van der Waals surface area contributed by atoms with E-state index in [1.807, 2.05) is 31.3 Å². The van der Waals surface area contributed by atoms with Crippen LogP contribution >= 0.6 is 0 Å². The fourth-order valence-electron chi connectivity index (χ4n) is 2.67. The molecule has 1 heterocycles. The molecule has 0 aromatic heterocycles. The summed E-state index contributed by atoms with van der Waals surface area (Å²) in [6, 6.07) is 11.1. The Bertz CT molecular complexity index is 448. The minimum atomic E-state index is 0.518. The Labute approximate surface area is 115 Å². The van der Waals surface area contributed by atoms with Crippen LogP contribution in [0.5, 0.6) is 0 Å². The number of hydrogen-bond donors (Lipinski definition) is 1. The average Bonchev–Trinajstić information content (AvgIpc) is 2.44. The van der Waals surface area contributed by atoms with Crippen molar-refractivity contribution in [1.82, 2.24) is 10.2 Å². The van der Waals surface area contributed by atoms with Gasteiger partial charge in [0.1, 0.15) is 0 Å². The van der Waals surface area contributed by atoms with Crippen LogP contribution in [0.25, 0.3) is 0 Å². The van der Waals surface area contributed by atoms with Crippen LogP contribution in [0.1, 0.15) is 12.5 Å². The molecule has 1 aliphatic rings. The molecule has 1 aromatic carbocycles. The number of benzene rings is 1. The van der Waals surface area contributed by atoms with Crippen molar-refractivity contribution in [3.05, 3.63) is 29.8 Å². The van der Waals surface area contributed by atoms with Gasteiger partial charge in [0.2, 0.25) is 0 Å². The molecule has 1 N–H and O–H groups in total. The maximum Gasteiger partial charge on any atom is 0.0991 e. The first-order valence-electron chi connectivity index (χ1n) is 6.77. The summed E-state index contributed by atoms with van der Waals surface area (Å²) in [5.41, 5.74) is 1.93. The van der Waals surface area contributed by atoms with Gasteiger partial charge in [-0.25, -0.2) is 0 Å². The van der Waals surface area contributed by atoms with Gasteiger partial charge in [-0.3, -0.25) is 4.90 Å². The number of piperazine rings is 1. The van der Waals surface area contributed by atoms with Crippen molar-refractivity contribution >= 4 is 5.69 Å². The summed E-state index contributed by atoms with van der Waals surface area (Å²) in [6.07, 6.45) is 0. The van der Waals surface area contributed by atoms with Crippen LogP contribution in [0, 0.1) is 11.3 Å². The van der Waals surface area contributed by atoms with E-state index < -0.39 is 0 Å². The minimum absolute atomic E-state index is 0.518. The van der Waals surface area contributed by atoms with Gasteiger partial charge in [0, 0.05) is 37.4 Å². The lowest BCUT2D eigenvalue weighted by molar-refractivity contribution is 0.157. The van der Waals surface area contributed by atoms with Crippen LogP contribution in [0.15, 0.2) is 24.3 Å². The molecular weight excluding hydrogens is 236 g/mol. The quantitative estimate of drug-likeness (QED) is 0.887. The van der Waals surface area contributed by atoms with Gasteiger partial charge in [-0.15, -0.1) is 0 Å². The number of anilines is 1. The summed E-state index contributed by atoms with van der Waals surface area (Å²) >= 11 is 0. The molecule has 1 aromatic rings. The molecule has 0 spiro atoms. The van der Waals surface area contributed by atoms with Crippen LogP contribution < -0.4 is 10.2 Å². The summed E-state index contributed by atoms with van der Waals surface area (Å²) in [7, 11) is 4.20. The monoisotopic (exact) mass is 258 g/mol. The summed E-state index contributed by atoms with van der Waals surface area (Å²) in [6.45, 7) is 5.31. The van der Waals surface area contributed by atoms with E-state index in [9.17, 15) is 0 Å². The Kier molecular flexibility index (Phi) is 4.41. The maximum atomic E-state index is 8.85. The smallest absolute Gasteiger partial charge is 0.0991 e. The third-order valence-electron chi connectivity index (χ3n) is 3.99. The molecular formula is C15H22N4. The standard InChI is InChI=1S/C15H22N4/c1-12-10-19(11-15(9-17-2)18(12)3)14-6-4-13(8-16)5-7-14/h4-7,12,15,17H,9-11H2,1-3H3. The van der Waals surface area contributed by atoms with Crippen molar-refractivity contribution in [2.24, 2.45) is 0 Å². The van der Waals surface area contributed by atoms with E-state index in [2.05, 4.69) is 35.2 Å². The first kappa shape index (κ1) is 13.9. The Hall–Kier alpha value is -1.57. The highest BCUT2D eigenvalue weighted by atomic mass is 15.3. The second-order valence-corrected chi connectivity index (χ2v) is 5.29. The van der Waals surface area contributed by atoms with E-state index in [1.165, 1.54) is 5.69 Å². The van der Waals surface area contributed by atoms with E-state index in [4.69, 9.17) is 5.26 Å². The Morgan fingerprint density at radius 1 is 1.32 bits per heavy atom. The predicted molar refractivity (Wildman–Crippen MR) is 78.3 cm³/mol. The predicted octanol–water partition coefficient (Wildman–Crippen LogP) is 1.29. The van der Waals surface area contributed by atoms with Gasteiger partial charge in [-0.2, -0.15) is 5.26 Å². The molecule has 0 aliphatic carbocycles. The van der Waals surface area contributed by atoms with Crippen molar-refractivity contribution in [3.63, 3.8) is 0 Å². The second-order valence-electron chi connectivity index (χ2n) is 5.29. The fraction of sp³-hybridized carbons (Fsp3) is 0.533. The molecule has 1 saturated heterocycles. The molecule has 4 heteroatoms. The summed E-state index contributed by atoms with van der Waals surface area (Å²) < 4.78 is 0. The van der Waals surface area contributed by atoms with Gasteiger partial charge < -0.3 is 10.2 Å². The first-order chi connectivity index (χ1) is 9.15. The van der Waals surface area contributed by atoms with Crippen molar-refractivity contribution in [3.8, 4) is 6.07 Å². The fourth-order valence-corrected chi connectivity index (χ4v) is 2.67. The summed E-state index contributed by atoms with van der Waals surface area (Å²) in [4.78, 5) is 4.85. The van der Waals surface area contributed by atoms with Crippen LogP contribution in [-0.2, 0) is 0 Å². The molecule has 0 bridgehead atoms. The van der Waals surface area contributed by atoms with Crippen LogP contribution in [0.2, 0.25) is 0 Å². The van der Waals surface area contributed by atoms with Crippen molar-refractivity contribution in [2.75, 3.05) is 38.6 Å². The molecule has 1 fully saturated rings. The molecule has 0 radical (unpaired) electrons. The lowest BCUT2D eigenvalue weighted by atomic mass is 10.1. The van der Waals surface area contributed by atoms with Crippen LogP contribution in [-0.4, -0.2) is 50.7 Å². The van der Waals surface area contributed by atoms with E-state index in [0.717, 1.165) is 25.2 Å². The molecule has 0 saturated carbocycles. The van der Waals surface area contributed by atoms with Gasteiger partial charge in [0.25, 0.3) is 0 Å². The topological polar surface area (TPSA) is 42.3 Å². The normalized spacial score (nSPS) is 24.2. The van der Waals surface area contributed by atoms with Gasteiger partial charge in [-0.1, -0.05) is 0 Å². The minimum Gasteiger partial charge on any atom is -0.368 e. The van der Waals surface area contributed by atoms with Gasteiger partial charge in [0.05, 0.1) is 11.6 Å². The van der Waals surface area contributed by atoms with E-state index in [-0.39, 0.29) is 0 Å². The second kappa shape index (κ2) is 6.05. The van der Waals surface area contributed by atoms with E-state index in [0.29, 0.717) is 12.1 Å². The first-order valence-corrected chi connectivity index (χ1v) is 6.77. The highest BCUT2D eigenvalue weighted by Gasteiger charge is 2.28. The van der Waals surface area contributed by atoms with Crippen molar-refractivity contribution in [2.45, 2.75) is 19.0 Å². The van der Waals surface area contributed by atoms with Crippen molar-refractivity contribution < 1.29 is 0 Å². The third kappa shape index (κ3) is 3.06. The Morgan fingerprint density at radius 2 is 2.00 bits per heavy atom. The molecule has 4 nitrogen and oxygen atoms in total. The molecule has 1 aliphatic heterocycles. The number of nitrogens with one attached hydrogen (secondary N) is 1. The zero-order chi connectivity index (χ0) is 13.8.